The molecular weight excluding hydrogens is 350 g/mol. The van der Waals surface area contributed by atoms with Crippen LogP contribution in [0.5, 0.6) is 0 Å². The highest BCUT2D eigenvalue weighted by Crippen LogP contribution is 2.25. The van der Waals surface area contributed by atoms with Crippen LogP contribution in [-0.4, -0.2) is 31.7 Å². The highest BCUT2D eigenvalue weighted by molar-refractivity contribution is 7.89. The zero-order valence-corrected chi connectivity index (χ0v) is 16.1. The second kappa shape index (κ2) is 8.44. The maximum absolute atomic E-state index is 13.3. The summed E-state index contributed by atoms with van der Waals surface area (Å²) in [6, 6.07) is 13.2. The van der Waals surface area contributed by atoms with Crippen LogP contribution in [-0.2, 0) is 21.2 Å². The predicted octanol–water partition coefficient (Wildman–Crippen LogP) is 1.84. The van der Waals surface area contributed by atoms with Crippen molar-refractivity contribution in [3.05, 3.63) is 64.7 Å². The average molecular weight is 375 g/mol. The lowest BCUT2D eigenvalue weighted by Crippen LogP contribution is -2.44. The number of aryl methyl sites for hydroxylation is 3. The molecule has 2 aromatic carbocycles. The molecule has 0 aromatic heterocycles. The topological polar surface area (TPSA) is 92.5 Å². The Kier molecular flexibility index (Phi) is 6.52. The third kappa shape index (κ3) is 4.69. The van der Waals surface area contributed by atoms with E-state index in [-0.39, 0.29) is 18.0 Å². The molecule has 2 aromatic rings. The van der Waals surface area contributed by atoms with E-state index in [0.29, 0.717) is 17.5 Å². The Morgan fingerprint density at radius 1 is 1.08 bits per heavy atom. The van der Waals surface area contributed by atoms with E-state index in [0.717, 1.165) is 11.1 Å². The zero-order valence-electron chi connectivity index (χ0n) is 15.3. The number of hydrogen-bond donors (Lipinski definition) is 2. The molecule has 0 unspecified atom stereocenters. The number of rotatable bonds is 7. The van der Waals surface area contributed by atoms with Gasteiger partial charge in [0, 0.05) is 6.54 Å². The number of hydrogen-bond acceptors (Lipinski definition) is 4. The largest absolute Gasteiger partial charge is 0.293 e. The lowest BCUT2D eigenvalue weighted by Gasteiger charge is -2.24. The summed E-state index contributed by atoms with van der Waals surface area (Å²) in [5.41, 5.74) is 5.34. The molecule has 0 aliphatic rings. The van der Waals surface area contributed by atoms with Gasteiger partial charge in [0.2, 0.25) is 15.9 Å². The second-order valence-corrected chi connectivity index (χ2v) is 8.24. The van der Waals surface area contributed by atoms with E-state index in [1.165, 1.54) is 4.31 Å². The summed E-state index contributed by atoms with van der Waals surface area (Å²) in [5, 5.41) is 0. The number of sulfonamides is 1. The minimum absolute atomic E-state index is 0.187. The summed E-state index contributed by atoms with van der Waals surface area (Å²) >= 11 is 0. The molecule has 0 saturated carbocycles. The number of amides is 1. The van der Waals surface area contributed by atoms with Gasteiger partial charge in [-0.25, -0.2) is 14.3 Å². The molecule has 26 heavy (non-hydrogen) atoms. The fourth-order valence-electron chi connectivity index (χ4n) is 3.09. The van der Waals surface area contributed by atoms with Gasteiger partial charge in [-0.2, -0.15) is 4.31 Å². The first-order valence-corrected chi connectivity index (χ1v) is 9.81. The van der Waals surface area contributed by atoms with Gasteiger partial charge in [-0.15, -0.1) is 0 Å². The van der Waals surface area contributed by atoms with Crippen LogP contribution in [0.25, 0.3) is 0 Å². The first-order valence-electron chi connectivity index (χ1n) is 8.37. The van der Waals surface area contributed by atoms with Gasteiger partial charge in [0.15, 0.2) is 0 Å². The highest BCUT2D eigenvalue weighted by Gasteiger charge is 2.29. The Morgan fingerprint density at radius 3 is 2.19 bits per heavy atom. The number of hydrazine groups is 1. The normalized spacial score (nSPS) is 11.6. The molecule has 140 valence electrons. The van der Waals surface area contributed by atoms with Gasteiger partial charge >= 0.3 is 0 Å². The predicted molar refractivity (Wildman–Crippen MR) is 102 cm³/mol. The number of nitrogens with zero attached hydrogens (tertiary/aromatic N) is 1. The first-order chi connectivity index (χ1) is 12.3. The Morgan fingerprint density at radius 2 is 1.65 bits per heavy atom. The lowest BCUT2D eigenvalue weighted by atomic mass is 10.1. The van der Waals surface area contributed by atoms with Crippen molar-refractivity contribution in [2.24, 2.45) is 5.84 Å². The molecule has 0 fully saturated rings. The Labute approximate surface area is 155 Å². The van der Waals surface area contributed by atoms with Crippen molar-refractivity contribution in [2.75, 3.05) is 13.1 Å². The number of carbonyl (C=O) groups is 1. The molecule has 6 nitrogen and oxygen atoms in total. The van der Waals surface area contributed by atoms with Crippen molar-refractivity contribution in [3.8, 4) is 0 Å². The zero-order chi connectivity index (χ0) is 19.3. The SMILES string of the molecule is Cc1cc(C)c(S(=O)(=O)N(CCc2ccccc2)CC(=O)NN)c(C)c1. The van der Waals surface area contributed by atoms with Crippen LogP contribution in [0, 0.1) is 20.8 Å². The van der Waals surface area contributed by atoms with Crippen molar-refractivity contribution in [2.45, 2.75) is 32.1 Å². The molecule has 7 heteroatoms. The molecule has 0 aliphatic carbocycles. The van der Waals surface area contributed by atoms with Gasteiger partial charge in [0.05, 0.1) is 11.4 Å². The standard InChI is InChI=1S/C19H25N3O3S/c1-14-11-15(2)19(16(3)12-14)26(24,25)22(13-18(23)21-20)10-9-17-7-5-4-6-8-17/h4-8,11-12H,9-10,13,20H2,1-3H3,(H,21,23). The van der Waals surface area contributed by atoms with Gasteiger partial charge in [-0.3, -0.25) is 10.2 Å². The molecule has 3 N–H and O–H groups in total. The summed E-state index contributed by atoms with van der Waals surface area (Å²) in [4.78, 5) is 12.0. The van der Waals surface area contributed by atoms with E-state index in [1.54, 1.807) is 13.8 Å². The first kappa shape index (κ1) is 20.1. The van der Waals surface area contributed by atoms with Gasteiger partial charge in [0.1, 0.15) is 0 Å². The summed E-state index contributed by atoms with van der Waals surface area (Å²) in [5.74, 6) is 4.62. The summed E-state index contributed by atoms with van der Waals surface area (Å²) in [6.07, 6.45) is 0.502. The van der Waals surface area contributed by atoms with E-state index >= 15 is 0 Å². The summed E-state index contributed by atoms with van der Waals surface area (Å²) in [6.45, 7) is 5.33. The van der Waals surface area contributed by atoms with E-state index < -0.39 is 15.9 Å². The van der Waals surface area contributed by atoms with Crippen LogP contribution in [0.3, 0.4) is 0 Å². The van der Waals surface area contributed by atoms with Crippen LogP contribution in [0.15, 0.2) is 47.4 Å². The minimum Gasteiger partial charge on any atom is -0.293 e. The molecule has 1 amide bonds. The molecule has 0 spiro atoms. The molecule has 0 radical (unpaired) electrons. The van der Waals surface area contributed by atoms with Gasteiger partial charge in [-0.05, 0) is 43.9 Å². The van der Waals surface area contributed by atoms with E-state index in [1.807, 2.05) is 54.8 Å². The van der Waals surface area contributed by atoms with E-state index in [4.69, 9.17) is 5.84 Å². The van der Waals surface area contributed by atoms with Crippen LogP contribution in [0.4, 0.5) is 0 Å². The maximum Gasteiger partial charge on any atom is 0.249 e. The molecule has 0 aliphatic heterocycles. The Bertz CT molecular complexity index is 857. The van der Waals surface area contributed by atoms with Crippen molar-refractivity contribution < 1.29 is 13.2 Å². The van der Waals surface area contributed by atoms with Crippen molar-refractivity contribution in [1.82, 2.24) is 9.73 Å². The number of nitrogens with two attached hydrogens (primary N) is 1. The van der Waals surface area contributed by atoms with Gasteiger partial charge < -0.3 is 0 Å². The number of nitrogens with one attached hydrogen (secondary N) is 1. The minimum atomic E-state index is -3.84. The number of carbonyl (C=O) groups excluding carboxylic acids is 1. The Hall–Kier alpha value is -2.22. The van der Waals surface area contributed by atoms with Crippen LogP contribution in [0.2, 0.25) is 0 Å². The molecule has 0 bridgehead atoms. The molecule has 0 heterocycles. The van der Waals surface area contributed by atoms with Crippen LogP contribution in [0.1, 0.15) is 22.3 Å². The molecule has 0 saturated heterocycles. The van der Waals surface area contributed by atoms with Crippen molar-refractivity contribution in [3.63, 3.8) is 0 Å². The molecule has 0 atom stereocenters. The van der Waals surface area contributed by atoms with E-state index in [9.17, 15) is 13.2 Å². The summed E-state index contributed by atoms with van der Waals surface area (Å²) < 4.78 is 27.7. The smallest absolute Gasteiger partial charge is 0.249 e. The Balaban J connectivity index is 2.38. The highest BCUT2D eigenvalue weighted by atomic mass is 32.2. The maximum atomic E-state index is 13.3. The molecule has 2 rings (SSSR count). The van der Waals surface area contributed by atoms with Crippen LogP contribution < -0.4 is 11.3 Å². The van der Waals surface area contributed by atoms with Gasteiger partial charge in [-0.1, -0.05) is 48.0 Å². The number of benzene rings is 2. The lowest BCUT2D eigenvalue weighted by molar-refractivity contribution is -0.121. The van der Waals surface area contributed by atoms with Crippen molar-refractivity contribution >= 4 is 15.9 Å². The van der Waals surface area contributed by atoms with E-state index in [2.05, 4.69) is 0 Å². The molecular formula is C19H25N3O3S. The fourth-order valence-corrected chi connectivity index (χ4v) is 4.90. The fraction of sp³-hybridized carbons (Fsp3) is 0.316. The van der Waals surface area contributed by atoms with Gasteiger partial charge in [0.25, 0.3) is 0 Å². The van der Waals surface area contributed by atoms with Crippen LogP contribution >= 0.6 is 0 Å². The quantitative estimate of drug-likeness (QED) is 0.439. The summed E-state index contributed by atoms with van der Waals surface area (Å²) in [7, 11) is -3.84. The third-order valence-electron chi connectivity index (χ3n) is 4.18. The van der Waals surface area contributed by atoms with Crippen molar-refractivity contribution in [1.29, 1.82) is 0 Å². The monoisotopic (exact) mass is 375 g/mol. The third-order valence-corrected chi connectivity index (χ3v) is 6.33. The second-order valence-electron chi connectivity index (χ2n) is 6.37. The average Bonchev–Trinajstić information content (AvgIpc) is 2.57.